The average molecular weight is 373 g/mol. The van der Waals surface area contributed by atoms with E-state index >= 15 is 0 Å². The monoisotopic (exact) mass is 373 g/mol. The van der Waals surface area contributed by atoms with Gasteiger partial charge in [0.2, 0.25) is 10.0 Å². The third-order valence-corrected chi connectivity index (χ3v) is 6.03. The molecule has 2 aromatic carbocycles. The van der Waals surface area contributed by atoms with Crippen LogP contribution in [0.15, 0.2) is 53.4 Å². The summed E-state index contributed by atoms with van der Waals surface area (Å²) >= 11 is 0. The van der Waals surface area contributed by atoms with Gasteiger partial charge in [0, 0.05) is 6.54 Å². The molecule has 1 aliphatic rings. The minimum atomic E-state index is -4.50. The summed E-state index contributed by atoms with van der Waals surface area (Å²) in [6.45, 7) is 1.82. The van der Waals surface area contributed by atoms with Crippen LogP contribution >= 0.6 is 0 Å². The third kappa shape index (κ3) is 3.55. The van der Waals surface area contributed by atoms with Crippen LogP contribution in [0.3, 0.4) is 0 Å². The molecule has 0 amide bonds. The van der Waals surface area contributed by atoms with Crippen LogP contribution in [0.5, 0.6) is 0 Å². The van der Waals surface area contributed by atoms with Crippen molar-refractivity contribution in [1.29, 1.82) is 0 Å². The lowest BCUT2D eigenvalue weighted by atomic mass is 10.1. The van der Waals surface area contributed by atoms with Crippen molar-refractivity contribution in [2.75, 3.05) is 6.54 Å². The predicted octanol–water partition coefficient (Wildman–Crippen LogP) is 4.10. The zero-order chi connectivity index (χ0) is 18.4. The number of alkyl halides is 4. The van der Waals surface area contributed by atoms with Crippen molar-refractivity contribution in [3.63, 3.8) is 0 Å². The molecule has 3 rings (SSSR count). The van der Waals surface area contributed by atoms with Crippen LogP contribution in [0.4, 0.5) is 17.6 Å². The first-order valence-electron chi connectivity index (χ1n) is 7.50. The zero-order valence-corrected chi connectivity index (χ0v) is 14.0. The molecule has 1 aliphatic heterocycles. The Bertz CT molecular complexity index is 861. The molecule has 0 saturated carbocycles. The molecule has 25 heavy (non-hydrogen) atoms. The van der Waals surface area contributed by atoms with Crippen LogP contribution in [-0.2, 0) is 16.2 Å². The molecule has 0 radical (unpaired) electrons. The normalized spacial score (nSPS) is 21.8. The van der Waals surface area contributed by atoms with Crippen molar-refractivity contribution in [3.05, 3.63) is 65.2 Å². The Hall–Kier alpha value is -1.93. The van der Waals surface area contributed by atoms with Crippen LogP contribution < -0.4 is 0 Å². The molecule has 0 spiro atoms. The Morgan fingerprint density at radius 2 is 1.60 bits per heavy atom. The first-order valence-corrected chi connectivity index (χ1v) is 8.94. The van der Waals surface area contributed by atoms with E-state index in [1.807, 2.05) is 6.92 Å². The highest BCUT2D eigenvalue weighted by Gasteiger charge is 2.50. The Kier molecular flexibility index (Phi) is 4.36. The lowest BCUT2D eigenvalue weighted by Crippen LogP contribution is -2.17. The number of halogens is 4. The van der Waals surface area contributed by atoms with E-state index in [1.54, 1.807) is 12.1 Å². The van der Waals surface area contributed by atoms with Crippen LogP contribution in [0.1, 0.15) is 22.9 Å². The van der Waals surface area contributed by atoms with E-state index in [-0.39, 0.29) is 17.0 Å². The van der Waals surface area contributed by atoms with Gasteiger partial charge in [-0.1, -0.05) is 29.8 Å². The van der Waals surface area contributed by atoms with E-state index < -0.39 is 34.0 Å². The maximum absolute atomic E-state index is 14.5. The molecule has 3 nitrogen and oxygen atoms in total. The summed E-state index contributed by atoms with van der Waals surface area (Å²) < 4.78 is 78.1. The van der Waals surface area contributed by atoms with Crippen molar-refractivity contribution in [3.8, 4) is 0 Å². The van der Waals surface area contributed by atoms with Crippen molar-refractivity contribution < 1.29 is 26.0 Å². The Balaban J connectivity index is 1.75. The number of hydrogen-bond acceptors (Lipinski definition) is 2. The topological polar surface area (TPSA) is 37.1 Å². The molecule has 134 valence electrons. The van der Waals surface area contributed by atoms with Crippen LogP contribution in [0, 0.1) is 6.92 Å². The van der Waals surface area contributed by atoms with Gasteiger partial charge in [0.05, 0.1) is 16.5 Å². The van der Waals surface area contributed by atoms with E-state index in [4.69, 9.17) is 0 Å². The minimum absolute atomic E-state index is 0.00159. The van der Waals surface area contributed by atoms with Gasteiger partial charge in [-0.2, -0.15) is 17.5 Å². The van der Waals surface area contributed by atoms with Gasteiger partial charge in [0.15, 0.2) is 0 Å². The highest BCUT2D eigenvalue weighted by atomic mass is 32.2. The van der Waals surface area contributed by atoms with Gasteiger partial charge in [-0.25, -0.2) is 12.8 Å². The average Bonchev–Trinajstić information content (AvgIpc) is 3.35. The van der Waals surface area contributed by atoms with Crippen molar-refractivity contribution >= 4 is 10.0 Å². The maximum atomic E-state index is 14.5. The smallest absolute Gasteiger partial charge is 0.240 e. The van der Waals surface area contributed by atoms with E-state index in [2.05, 4.69) is 0 Å². The predicted molar refractivity (Wildman–Crippen MR) is 84.2 cm³/mol. The summed E-state index contributed by atoms with van der Waals surface area (Å²) in [6, 6.07) is 8.97. The fourth-order valence-corrected chi connectivity index (χ4v) is 4.14. The standard InChI is InChI=1S/C17H15F4NO2S/c1-11-2-8-14(9-3-11)25(23,24)22-10-15(22)16(18)12-4-6-13(7-5-12)17(19,20)21/h2-9,15-16H,10H2,1H3/t15-,16-,22?/m0/s1. The van der Waals surface area contributed by atoms with Crippen molar-refractivity contribution in [2.45, 2.75) is 30.2 Å². The third-order valence-electron chi connectivity index (χ3n) is 4.13. The van der Waals surface area contributed by atoms with Gasteiger partial charge in [0.1, 0.15) is 6.17 Å². The number of nitrogens with zero attached hydrogens (tertiary/aromatic N) is 1. The van der Waals surface area contributed by atoms with E-state index in [9.17, 15) is 26.0 Å². The largest absolute Gasteiger partial charge is 0.416 e. The van der Waals surface area contributed by atoms with Gasteiger partial charge in [-0.05, 0) is 36.8 Å². The SMILES string of the molecule is Cc1ccc(S(=O)(=O)N2C[C@H]2[C@@H](F)c2ccc(C(F)(F)F)cc2)cc1. The van der Waals surface area contributed by atoms with Gasteiger partial charge in [-0.15, -0.1) is 0 Å². The quantitative estimate of drug-likeness (QED) is 0.598. The van der Waals surface area contributed by atoms with Crippen molar-refractivity contribution in [1.82, 2.24) is 4.31 Å². The second kappa shape index (κ2) is 6.10. The summed E-state index contributed by atoms with van der Waals surface area (Å²) in [6.07, 6.45) is -6.17. The molecule has 1 fully saturated rings. The van der Waals surface area contributed by atoms with Gasteiger partial charge in [0.25, 0.3) is 0 Å². The Labute approximate surface area is 142 Å². The molecule has 1 saturated heterocycles. The van der Waals surface area contributed by atoms with Crippen LogP contribution in [-0.4, -0.2) is 25.3 Å². The molecule has 1 heterocycles. The van der Waals surface area contributed by atoms with Gasteiger partial charge < -0.3 is 0 Å². The summed E-state index contributed by atoms with van der Waals surface area (Å²) in [5, 5.41) is 0. The summed E-state index contributed by atoms with van der Waals surface area (Å²) in [7, 11) is -3.80. The molecule has 0 N–H and O–H groups in total. The fraction of sp³-hybridized carbons (Fsp3) is 0.294. The van der Waals surface area contributed by atoms with Gasteiger partial charge in [-0.3, -0.25) is 0 Å². The summed E-state index contributed by atoms with van der Waals surface area (Å²) in [5.41, 5.74) is 0.0532. The molecule has 0 aliphatic carbocycles. The number of hydrogen-bond donors (Lipinski definition) is 0. The Morgan fingerprint density at radius 3 is 2.12 bits per heavy atom. The van der Waals surface area contributed by atoms with Gasteiger partial charge >= 0.3 is 6.18 Å². The second-order valence-electron chi connectivity index (χ2n) is 5.98. The number of benzene rings is 2. The van der Waals surface area contributed by atoms with Crippen LogP contribution in [0.2, 0.25) is 0 Å². The molecule has 3 atom stereocenters. The summed E-state index contributed by atoms with van der Waals surface area (Å²) in [4.78, 5) is 0.0696. The number of sulfonamides is 1. The first-order chi connectivity index (χ1) is 11.6. The molecular weight excluding hydrogens is 358 g/mol. The molecule has 1 unspecified atom stereocenters. The maximum Gasteiger partial charge on any atom is 0.416 e. The first kappa shape index (κ1) is 17.9. The fourth-order valence-electron chi connectivity index (χ4n) is 2.58. The number of rotatable bonds is 4. The highest BCUT2D eigenvalue weighted by Crippen LogP contribution is 2.39. The molecular formula is C17H15F4NO2S. The second-order valence-corrected chi connectivity index (χ2v) is 7.87. The van der Waals surface area contributed by atoms with Crippen molar-refractivity contribution in [2.24, 2.45) is 0 Å². The van der Waals surface area contributed by atoms with Crippen LogP contribution in [0.25, 0.3) is 0 Å². The molecule has 2 aromatic rings. The summed E-state index contributed by atoms with van der Waals surface area (Å²) in [5.74, 6) is 0. The Morgan fingerprint density at radius 1 is 1.04 bits per heavy atom. The minimum Gasteiger partial charge on any atom is -0.240 e. The zero-order valence-electron chi connectivity index (χ0n) is 13.2. The van der Waals surface area contributed by atoms with E-state index in [0.717, 1.165) is 34.1 Å². The number of aryl methyl sites for hydroxylation is 1. The lowest BCUT2D eigenvalue weighted by Gasteiger charge is -2.12. The molecule has 0 aromatic heterocycles. The molecule has 0 bridgehead atoms. The molecule has 8 heteroatoms. The van der Waals surface area contributed by atoms with E-state index in [1.165, 1.54) is 12.1 Å². The lowest BCUT2D eigenvalue weighted by molar-refractivity contribution is -0.137. The highest BCUT2D eigenvalue weighted by molar-refractivity contribution is 7.89. The van der Waals surface area contributed by atoms with E-state index in [0.29, 0.717) is 0 Å².